The SMILES string of the molecule is CCCNC(Cc1cccs1)C1C2CCCCC21. The van der Waals surface area contributed by atoms with Crippen molar-refractivity contribution in [1.82, 2.24) is 5.32 Å². The van der Waals surface area contributed by atoms with Gasteiger partial charge < -0.3 is 5.32 Å². The summed E-state index contributed by atoms with van der Waals surface area (Å²) >= 11 is 1.92. The van der Waals surface area contributed by atoms with Gasteiger partial charge in [-0.2, -0.15) is 0 Å². The predicted molar refractivity (Wildman–Crippen MR) is 79.0 cm³/mol. The van der Waals surface area contributed by atoms with E-state index >= 15 is 0 Å². The zero-order valence-corrected chi connectivity index (χ0v) is 12.2. The van der Waals surface area contributed by atoms with Gasteiger partial charge in [0.2, 0.25) is 0 Å². The van der Waals surface area contributed by atoms with Crippen LogP contribution in [0.4, 0.5) is 0 Å². The highest BCUT2D eigenvalue weighted by atomic mass is 32.1. The molecular formula is C16H25NS. The first kappa shape index (κ1) is 12.7. The maximum atomic E-state index is 3.83. The fourth-order valence-electron chi connectivity index (χ4n) is 3.96. The molecule has 1 aromatic heterocycles. The van der Waals surface area contributed by atoms with Crippen molar-refractivity contribution in [3.8, 4) is 0 Å². The lowest BCUT2D eigenvalue weighted by atomic mass is 10.0. The van der Waals surface area contributed by atoms with Gasteiger partial charge in [-0.3, -0.25) is 0 Å². The fourth-order valence-corrected chi connectivity index (χ4v) is 4.73. The second-order valence-corrected chi connectivity index (χ2v) is 7.07. The lowest BCUT2D eigenvalue weighted by Gasteiger charge is -2.18. The molecule has 3 unspecified atom stereocenters. The third-order valence-electron chi connectivity index (χ3n) is 4.85. The van der Waals surface area contributed by atoms with Gasteiger partial charge in [0, 0.05) is 10.9 Å². The third kappa shape index (κ3) is 2.65. The molecule has 2 fully saturated rings. The van der Waals surface area contributed by atoms with Crippen molar-refractivity contribution < 1.29 is 0 Å². The first-order valence-corrected chi connectivity index (χ1v) is 8.54. The zero-order valence-electron chi connectivity index (χ0n) is 11.4. The van der Waals surface area contributed by atoms with Gasteiger partial charge in [-0.25, -0.2) is 0 Å². The molecule has 3 atom stereocenters. The number of hydrogen-bond donors (Lipinski definition) is 1. The van der Waals surface area contributed by atoms with Gasteiger partial charge in [0.1, 0.15) is 0 Å². The highest BCUT2D eigenvalue weighted by Crippen LogP contribution is 2.57. The van der Waals surface area contributed by atoms with Gasteiger partial charge in [0.05, 0.1) is 0 Å². The van der Waals surface area contributed by atoms with Crippen LogP contribution in [0.25, 0.3) is 0 Å². The average Bonchev–Trinajstić information content (AvgIpc) is 2.90. The Morgan fingerprint density at radius 3 is 2.72 bits per heavy atom. The summed E-state index contributed by atoms with van der Waals surface area (Å²) in [5.74, 6) is 3.11. The third-order valence-corrected chi connectivity index (χ3v) is 5.74. The van der Waals surface area contributed by atoms with E-state index in [4.69, 9.17) is 0 Å². The monoisotopic (exact) mass is 263 g/mol. The van der Waals surface area contributed by atoms with E-state index in [2.05, 4.69) is 29.8 Å². The normalized spacial score (nSPS) is 31.9. The maximum absolute atomic E-state index is 3.83. The van der Waals surface area contributed by atoms with Crippen LogP contribution in [0.5, 0.6) is 0 Å². The van der Waals surface area contributed by atoms with Crippen molar-refractivity contribution in [2.24, 2.45) is 17.8 Å². The number of nitrogens with one attached hydrogen (secondary N) is 1. The number of fused-ring (bicyclic) bond motifs is 1. The van der Waals surface area contributed by atoms with E-state index in [1.807, 2.05) is 11.3 Å². The van der Waals surface area contributed by atoms with Crippen LogP contribution in [0.2, 0.25) is 0 Å². The Bertz CT molecular complexity index is 347. The minimum Gasteiger partial charge on any atom is -0.313 e. The van der Waals surface area contributed by atoms with Crippen LogP contribution in [-0.2, 0) is 6.42 Å². The maximum Gasteiger partial charge on any atom is 0.0149 e. The van der Waals surface area contributed by atoms with Crippen molar-refractivity contribution in [3.05, 3.63) is 22.4 Å². The van der Waals surface area contributed by atoms with Gasteiger partial charge >= 0.3 is 0 Å². The average molecular weight is 263 g/mol. The van der Waals surface area contributed by atoms with Gasteiger partial charge in [0.15, 0.2) is 0 Å². The molecular weight excluding hydrogens is 238 g/mol. The van der Waals surface area contributed by atoms with Crippen molar-refractivity contribution in [2.45, 2.75) is 51.5 Å². The van der Waals surface area contributed by atoms with E-state index in [1.165, 1.54) is 45.1 Å². The first-order valence-electron chi connectivity index (χ1n) is 7.66. The van der Waals surface area contributed by atoms with Crippen molar-refractivity contribution in [2.75, 3.05) is 6.54 Å². The fraction of sp³-hybridized carbons (Fsp3) is 0.750. The van der Waals surface area contributed by atoms with Crippen LogP contribution in [0.15, 0.2) is 17.5 Å². The van der Waals surface area contributed by atoms with Crippen LogP contribution in [0, 0.1) is 17.8 Å². The molecule has 18 heavy (non-hydrogen) atoms. The lowest BCUT2D eigenvalue weighted by molar-refractivity contribution is 0.430. The molecule has 0 amide bonds. The molecule has 0 bridgehead atoms. The number of thiophene rings is 1. The number of hydrogen-bond acceptors (Lipinski definition) is 2. The molecule has 0 radical (unpaired) electrons. The highest BCUT2D eigenvalue weighted by molar-refractivity contribution is 7.09. The lowest BCUT2D eigenvalue weighted by Crippen LogP contribution is -2.34. The molecule has 1 aromatic rings. The second-order valence-electron chi connectivity index (χ2n) is 6.03. The molecule has 1 N–H and O–H groups in total. The summed E-state index contributed by atoms with van der Waals surface area (Å²) in [5.41, 5.74) is 0. The Kier molecular flexibility index (Phi) is 4.05. The molecule has 0 aliphatic heterocycles. The summed E-state index contributed by atoms with van der Waals surface area (Å²) in [6.45, 7) is 3.46. The Morgan fingerprint density at radius 2 is 2.11 bits per heavy atom. The quantitative estimate of drug-likeness (QED) is 0.815. The minimum atomic E-state index is 0.747. The molecule has 1 heterocycles. The summed E-state index contributed by atoms with van der Waals surface area (Å²) < 4.78 is 0. The Labute approximate surface area is 115 Å². The molecule has 2 heteroatoms. The standard InChI is InChI=1S/C16H25NS/c1-2-9-17-15(11-12-6-5-10-18-12)16-13-7-3-4-8-14(13)16/h5-6,10,13-17H,2-4,7-9,11H2,1H3. The van der Waals surface area contributed by atoms with Crippen LogP contribution in [-0.4, -0.2) is 12.6 Å². The van der Waals surface area contributed by atoms with Crippen molar-refractivity contribution >= 4 is 11.3 Å². The number of rotatable bonds is 6. The van der Waals surface area contributed by atoms with Crippen molar-refractivity contribution in [3.63, 3.8) is 0 Å². The smallest absolute Gasteiger partial charge is 0.0149 e. The van der Waals surface area contributed by atoms with Crippen LogP contribution in [0.1, 0.15) is 43.9 Å². The molecule has 1 nitrogen and oxygen atoms in total. The summed E-state index contributed by atoms with van der Waals surface area (Å²) in [6, 6.07) is 5.24. The van der Waals surface area contributed by atoms with E-state index in [1.54, 1.807) is 4.88 Å². The Hall–Kier alpha value is -0.340. The molecule has 100 valence electrons. The zero-order chi connectivity index (χ0) is 12.4. The van der Waals surface area contributed by atoms with E-state index in [0.717, 1.165) is 23.8 Å². The van der Waals surface area contributed by atoms with Crippen LogP contribution >= 0.6 is 11.3 Å². The second kappa shape index (κ2) is 5.75. The van der Waals surface area contributed by atoms with Crippen LogP contribution in [0.3, 0.4) is 0 Å². The van der Waals surface area contributed by atoms with Gasteiger partial charge in [0.25, 0.3) is 0 Å². The molecule has 2 saturated carbocycles. The van der Waals surface area contributed by atoms with E-state index in [9.17, 15) is 0 Å². The molecule has 2 aliphatic rings. The molecule has 0 spiro atoms. The Balaban J connectivity index is 1.62. The topological polar surface area (TPSA) is 12.0 Å². The predicted octanol–water partition coefficient (Wildman–Crippen LogP) is 4.10. The highest BCUT2D eigenvalue weighted by Gasteiger charge is 2.53. The molecule has 2 aliphatic carbocycles. The molecule has 3 rings (SSSR count). The largest absolute Gasteiger partial charge is 0.313 e. The summed E-state index contributed by atoms with van der Waals surface area (Å²) in [6.07, 6.45) is 8.49. The summed E-state index contributed by atoms with van der Waals surface area (Å²) in [7, 11) is 0. The summed E-state index contributed by atoms with van der Waals surface area (Å²) in [5, 5.41) is 6.05. The van der Waals surface area contributed by atoms with Crippen molar-refractivity contribution in [1.29, 1.82) is 0 Å². The van der Waals surface area contributed by atoms with Gasteiger partial charge in [-0.15, -0.1) is 11.3 Å². The van der Waals surface area contributed by atoms with E-state index < -0.39 is 0 Å². The summed E-state index contributed by atoms with van der Waals surface area (Å²) in [4.78, 5) is 1.56. The first-order chi connectivity index (χ1) is 8.90. The van der Waals surface area contributed by atoms with Crippen LogP contribution < -0.4 is 5.32 Å². The van der Waals surface area contributed by atoms with E-state index in [0.29, 0.717) is 0 Å². The van der Waals surface area contributed by atoms with Gasteiger partial charge in [-0.1, -0.05) is 25.8 Å². The van der Waals surface area contributed by atoms with Gasteiger partial charge in [-0.05, 0) is 61.4 Å². The molecule has 0 saturated heterocycles. The Morgan fingerprint density at radius 1 is 1.33 bits per heavy atom. The molecule has 0 aromatic carbocycles. The minimum absolute atomic E-state index is 0.747. The van der Waals surface area contributed by atoms with E-state index in [-0.39, 0.29) is 0 Å².